The second-order valence-electron chi connectivity index (χ2n) is 7.20. The maximum atomic E-state index is 13.0. The third-order valence-corrected chi connectivity index (χ3v) is 5.80. The molecule has 0 fully saturated rings. The van der Waals surface area contributed by atoms with Crippen LogP contribution in [0.25, 0.3) is 10.8 Å². The summed E-state index contributed by atoms with van der Waals surface area (Å²) in [5, 5.41) is 6.02. The minimum absolute atomic E-state index is 0.275. The monoisotopic (exact) mass is 554 g/mol. The van der Waals surface area contributed by atoms with E-state index in [1.807, 2.05) is 48.5 Å². The van der Waals surface area contributed by atoms with Crippen LogP contribution in [0.1, 0.15) is 21.5 Å². The van der Waals surface area contributed by atoms with Crippen LogP contribution < -0.4 is 14.9 Å². The first kappa shape index (κ1) is 22.7. The van der Waals surface area contributed by atoms with Gasteiger partial charge in [-0.05, 0) is 87.0 Å². The number of carbonyl (C=O) groups is 1. The van der Waals surface area contributed by atoms with Gasteiger partial charge in [0.1, 0.15) is 23.9 Å². The molecular formula is C26H20FIN2O3. The molecule has 7 heteroatoms. The van der Waals surface area contributed by atoms with E-state index in [4.69, 9.17) is 9.47 Å². The van der Waals surface area contributed by atoms with Crippen molar-refractivity contribution in [1.82, 2.24) is 5.43 Å². The van der Waals surface area contributed by atoms with Gasteiger partial charge in [0.2, 0.25) is 0 Å². The molecule has 4 aromatic carbocycles. The summed E-state index contributed by atoms with van der Waals surface area (Å²) in [5.74, 6) is 0.562. The standard InChI is InChI=1S/C26H20FIN2O3/c1-32-25-14-20-5-3-2-4-19(20)13-22(25)26(31)30-29-15-18-8-11-24(23(28)12-18)33-16-17-6-9-21(27)10-7-17/h2-15H,16H2,1H3,(H,30,31)/b29-15-. The van der Waals surface area contributed by atoms with Gasteiger partial charge >= 0.3 is 0 Å². The van der Waals surface area contributed by atoms with Crippen molar-refractivity contribution >= 4 is 45.5 Å². The summed E-state index contributed by atoms with van der Waals surface area (Å²) in [6.45, 7) is 0.341. The Hall–Kier alpha value is -3.46. The molecule has 0 heterocycles. The molecule has 5 nitrogen and oxygen atoms in total. The van der Waals surface area contributed by atoms with Crippen molar-refractivity contribution in [2.45, 2.75) is 6.61 Å². The average molecular weight is 554 g/mol. The molecule has 0 unspecified atom stereocenters. The molecule has 0 spiro atoms. The number of halogens is 2. The maximum absolute atomic E-state index is 13.0. The predicted octanol–water partition coefficient (Wildman–Crippen LogP) is 5.94. The smallest absolute Gasteiger partial charge is 0.275 e. The molecule has 4 rings (SSSR count). The van der Waals surface area contributed by atoms with Crippen molar-refractivity contribution in [3.63, 3.8) is 0 Å². The number of nitrogens with zero attached hydrogens (tertiary/aromatic N) is 1. The van der Waals surface area contributed by atoms with E-state index < -0.39 is 0 Å². The predicted molar refractivity (Wildman–Crippen MR) is 135 cm³/mol. The quantitative estimate of drug-likeness (QED) is 0.175. The minimum Gasteiger partial charge on any atom is -0.496 e. The zero-order valence-electron chi connectivity index (χ0n) is 17.7. The van der Waals surface area contributed by atoms with Gasteiger partial charge in [-0.3, -0.25) is 4.79 Å². The fraction of sp³-hybridized carbons (Fsp3) is 0.0769. The number of hydrogen-bond acceptors (Lipinski definition) is 4. The van der Waals surface area contributed by atoms with Crippen LogP contribution in [-0.2, 0) is 6.61 Å². The van der Waals surface area contributed by atoms with Gasteiger partial charge in [0.15, 0.2) is 0 Å². The van der Waals surface area contributed by atoms with Crippen LogP contribution in [0, 0.1) is 9.39 Å². The van der Waals surface area contributed by atoms with Crippen molar-refractivity contribution < 1.29 is 18.7 Å². The molecule has 0 saturated carbocycles. The van der Waals surface area contributed by atoms with Gasteiger partial charge in [-0.25, -0.2) is 9.82 Å². The number of rotatable bonds is 7. The number of fused-ring (bicyclic) bond motifs is 1. The lowest BCUT2D eigenvalue weighted by Crippen LogP contribution is -2.18. The highest BCUT2D eigenvalue weighted by Gasteiger charge is 2.13. The summed E-state index contributed by atoms with van der Waals surface area (Å²) >= 11 is 2.18. The van der Waals surface area contributed by atoms with Crippen LogP contribution in [0.4, 0.5) is 4.39 Å². The lowest BCUT2D eigenvalue weighted by Gasteiger charge is -2.10. The van der Waals surface area contributed by atoms with Crippen molar-refractivity contribution in [2.24, 2.45) is 5.10 Å². The van der Waals surface area contributed by atoms with Crippen LogP contribution in [0.5, 0.6) is 11.5 Å². The Kier molecular flexibility index (Phi) is 7.19. The summed E-state index contributed by atoms with van der Waals surface area (Å²) in [4.78, 5) is 12.7. The van der Waals surface area contributed by atoms with Crippen molar-refractivity contribution in [2.75, 3.05) is 7.11 Å². The average Bonchev–Trinajstić information content (AvgIpc) is 2.83. The summed E-state index contributed by atoms with van der Waals surface area (Å²) in [6.07, 6.45) is 1.57. The van der Waals surface area contributed by atoms with Crippen LogP contribution in [0.15, 0.2) is 84.0 Å². The molecule has 166 valence electrons. The van der Waals surface area contributed by atoms with Gasteiger partial charge in [0, 0.05) is 0 Å². The van der Waals surface area contributed by atoms with Crippen LogP contribution in [-0.4, -0.2) is 19.2 Å². The SMILES string of the molecule is COc1cc2ccccc2cc1C(=O)N/N=C\c1ccc(OCc2ccc(F)cc2)c(I)c1. The molecule has 4 aromatic rings. The largest absolute Gasteiger partial charge is 0.496 e. The van der Waals surface area contributed by atoms with Gasteiger partial charge in [0.05, 0.1) is 22.5 Å². The number of ether oxygens (including phenoxy) is 2. The van der Waals surface area contributed by atoms with Crippen LogP contribution >= 0.6 is 22.6 Å². The first-order valence-corrected chi connectivity index (χ1v) is 11.2. The fourth-order valence-electron chi connectivity index (χ4n) is 3.25. The highest BCUT2D eigenvalue weighted by Crippen LogP contribution is 2.26. The van der Waals surface area contributed by atoms with E-state index in [0.29, 0.717) is 23.7 Å². The second kappa shape index (κ2) is 10.4. The van der Waals surface area contributed by atoms with Crippen LogP contribution in [0.2, 0.25) is 0 Å². The number of amides is 1. The molecule has 0 radical (unpaired) electrons. The molecule has 0 saturated heterocycles. The number of nitrogens with one attached hydrogen (secondary N) is 1. The van der Waals surface area contributed by atoms with Crippen molar-refractivity contribution in [3.05, 3.63) is 105 Å². The molecule has 0 atom stereocenters. The molecule has 0 aromatic heterocycles. The maximum Gasteiger partial charge on any atom is 0.275 e. The Morgan fingerprint density at radius 2 is 1.73 bits per heavy atom. The number of methoxy groups -OCH3 is 1. The first-order valence-electron chi connectivity index (χ1n) is 10.1. The van der Waals surface area contributed by atoms with E-state index in [1.165, 1.54) is 19.2 Å². The number of carbonyl (C=O) groups excluding carboxylic acids is 1. The van der Waals surface area contributed by atoms with E-state index in [0.717, 1.165) is 25.5 Å². The normalized spacial score (nSPS) is 11.0. The number of hydrogen-bond donors (Lipinski definition) is 1. The van der Waals surface area contributed by atoms with E-state index in [9.17, 15) is 9.18 Å². The molecule has 1 N–H and O–H groups in total. The zero-order chi connectivity index (χ0) is 23.2. The summed E-state index contributed by atoms with van der Waals surface area (Å²) in [6, 6.07) is 23.2. The summed E-state index contributed by atoms with van der Waals surface area (Å²) in [7, 11) is 1.53. The molecule has 1 amide bonds. The molecule has 0 aliphatic rings. The molecular weight excluding hydrogens is 534 g/mol. The molecule has 0 aliphatic carbocycles. The van der Waals surface area contributed by atoms with E-state index in [2.05, 4.69) is 33.1 Å². The van der Waals surface area contributed by atoms with E-state index >= 15 is 0 Å². The summed E-state index contributed by atoms with van der Waals surface area (Å²) < 4.78 is 25.1. The summed E-state index contributed by atoms with van der Waals surface area (Å²) in [5.41, 5.74) is 4.65. The highest BCUT2D eigenvalue weighted by atomic mass is 127. The molecule has 33 heavy (non-hydrogen) atoms. The lowest BCUT2D eigenvalue weighted by molar-refractivity contribution is 0.0952. The van der Waals surface area contributed by atoms with Gasteiger partial charge in [-0.1, -0.05) is 36.4 Å². The van der Waals surface area contributed by atoms with Crippen molar-refractivity contribution in [1.29, 1.82) is 0 Å². The second-order valence-corrected chi connectivity index (χ2v) is 8.37. The highest BCUT2D eigenvalue weighted by molar-refractivity contribution is 14.1. The third kappa shape index (κ3) is 5.67. The Labute approximate surface area is 204 Å². The van der Waals surface area contributed by atoms with Crippen molar-refractivity contribution in [3.8, 4) is 11.5 Å². The Bertz CT molecular complexity index is 1320. The third-order valence-electron chi connectivity index (χ3n) is 4.96. The lowest BCUT2D eigenvalue weighted by atomic mass is 10.1. The molecule has 0 bridgehead atoms. The number of hydrazone groups is 1. The first-order chi connectivity index (χ1) is 16.0. The van der Waals surface area contributed by atoms with E-state index in [-0.39, 0.29) is 11.7 Å². The number of benzene rings is 4. The molecule has 0 aliphatic heterocycles. The Balaban J connectivity index is 1.41. The van der Waals surface area contributed by atoms with Gasteiger partial charge in [-0.15, -0.1) is 0 Å². The van der Waals surface area contributed by atoms with Gasteiger partial charge in [-0.2, -0.15) is 5.10 Å². The fourth-order valence-corrected chi connectivity index (χ4v) is 3.94. The zero-order valence-corrected chi connectivity index (χ0v) is 19.9. The van der Waals surface area contributed by atoms with E-state index in [1.54, 1.807) is 24.4 Å². The topological polar surface area (TPSA) is 59.9 Å². The Morgan fingerprint density at radius 3 is 2.42 bits per heavy atom. The van der Waals surface area contributed by atoms with Gasteiger partial charge in [0.25, 0.3) is 5.91 Å². The Morgan fingerprint density at radius 1 is 1.00 bits per heavy atom. The van der Waals surface area contributed by atoms with Gasteiger partial charge < -0.3 is 9.47 Å². The van der Waals surface area contributed by atoms with Crippen LogP contribution in [0.3, 0.4) is 0 Å². The minimum atomic E-state index is -0.359.